The minimum Gasteiger partial charge on any atom is -0.326 e. The zero-order chi connectivity index (χ0) is 18.1. The van der Waals surface area contributed by atoms with E-state index in [1.807, 2.05) is 67.6 Å². The van der Waals surface area contributed by atoms with Gasteiger partial charge >= 0.3 is 0 Å². The van der Waals surface area contributed by atoms with Gasteiger partial charge in [0.25, 0.3) is 0 Å². The second-order valence-electron chi connectivity index (χ2n) is 6.52. The van der Waals surface area contributed by atoms with Crippen molar-refractivity contribution in [1.29, 1.82) is 0 Å². The molecular weight excluding hydrogens is 324 g/mol. The molecule has 0 saturated heterocycles. The summed E-state index contributed by atoms with van der Waals surface area (Å²) in [5, 5.41) is 5.20. The van der Waals surface area contributed by atoms with Crippen molar-refractivity contribution >= 4 is 34.0 Å². The quantitative estimate of drug-likeness (QED) is 0.779. The first-order chi connectivity index (χ1) is 12.7. The highest BCUT2D eigenvalue weighted by Crippen LogP contribution is 2.31. The predicted octanol–water partition coefficient (Wildman–Crippen LogP) is 3.93. The third-order valence-electron chi connectivity index (χ3n) is 4.84. The van der Waals surface area contributed by atoms with Gasteiger partial charge in [0.2, 0.25) is 11.8 Å². The number of carbonyl (C=O) groups excluding carboxylic acids is 2. The van der Waals surface area contributed by atoms with Crippen molar-refractivity contribution in [1.82, 2.24) is 0 Å². The number of hydrogen-bond donors (Lipinski definition) is 1. The normalized spacial score (nSPS) is 13.1. The highest BCUT2D eigenvalue weighted by Gasteiger charge is 2.26. The molecule has 0 fully saturated rings. The molecule has 4 heteroatoms. The van der Waals surface area contributed by atoms with E-state index in [2.05, 4.69) is 5.32 Å². The van der Waals surface area contributed by atoms with E-state index in [9.17, 15) is 9.59 Å². The Labute approximate surface area is 152 Å². The summed E-state index contributed by atoms with van der Waals surface area (Å²) < 4.78 is 0. The molecule has 4 nitrogen and oxygen atoms in total. The number of fused-ring (bicyclic) bond motifs is 2. The van der Waals surface area contributed by atoms with Crippen molar-refractivity contribution in [2.24, 2.45) is 0 Å². The molecule has 1 aliphatic rings. The lowest BCUT2D eigenvalue weighted by molar-refractivity contribution is -0.117. The largest absolute Gasteiger partial charge is 0.326 e. The Hall–Kier alpha value is -3.14. The minimum absolute atomic E-state index is 0.0574. The number of anilines is 2. The molecule has 1 heterocycles. The Morgan fingerprint density at radius 2 is 1.88 bits per heavy atom. The van der Waals surface area contributed by atoms with Gasteiger partial charge in [-0.15, -0.1) is 0 Å². The molecule has 3 aromatic rings. The van der Waals surface area contributed by atoms with Crippen LogP contribution in [0.3, 0.4) is 0 Å². The van der Waals surface area contributed by atoms with Crippen LogP contribution in [-0.2, 0) is 22.4 Å². The molecule has 1 aliphatic heterocycles. The minimum atomic E-state index is -0.0574. The van der Waals surface area contributed by atoms with E-state index in [1.165, 1.54) is 0 Å². The Balaban J connectivity index is 1.52. The third-order valence-corrected chi connectivity index (χ3v) is 4.84. The fourth-order valence-corrected chi connectivity index (χ4v) is 3.63. The van der Waals surface area contributed by atoms with Crippen LogP contribution < -0.4 is 10.2 Å². The van der Waals surface area contributed by atoms with Gasteiger partial charge in [-0.25, -0.2) is 0 Å². The van der Waals surface area contributed by atoms with Gasteiger partial charge in [0.15, 0.2) is 0 Å². The average molecular weight is 344 g/mol. The summed E-state index contributed by atoms with van der Waals surface area (Å²) in [5.41, 5.74) is 3.66. The fraction of sp³-hybridized carbons (Fsp3) is 0.182. The van der Waals surface area contributed by atoms with Crippen molar-refractivity contribution in [3.8, 4) is 0 Å². The average Bonchev–Trinajstić information content (AvgIpc) is 2.96. The lowest BCUT2D eigenvalue weighted by atomic mass is 10.0. The Bertz CT molecular complexity index is 1000. The summed E-state index contributed by atoms with van der Waals surface area (Å²) in [5.74, 6) is 0.0553. The van der Waals surface area contributed by atoms with Crippen molar-refractivity contribution in [3.63, 3.8) is 0 Å². The van der Waals surface area contributed by atoms with Gasteiger partial charge in [0.05, 0.1) is 12.8 Å². The second-order valence-corrected chi connectivity index (χ2v) is 6.52. The van der Waals surface area contributed by atoms with E-state index < -0.39 is 0 Å². The first-order valence-electron chi connectivity index (χ1n) is 8.85. The molecule has 130 valence electrons. The molecule has 0 saturated carbocycles. The van der Waals surface area contributed by atoms with E-state index in [1.54, 1.807) is 4.90 Å². The van der Waals surface area contributed by atoms with Gasteiger partial charge in [0, 0.05) is 17.9 Å². The number of nitrogens with one attached hydrogen (secondary N) is 1. The van der Waals surface area contributed by atoms with E-state index in [0.717, 1.165) is 33.3 Å². The summed E-state index contributed by atoms with van der Waals surface area (Å²) >= 11 is 0. The van der Waals surface area contributed by atoms with E-state index in [-0.39, 0.29) is 11.8 Å². The Morgan fingerprint density at radius 3 is 2.73 bits per heavy atom. The van der Waals surface area contributed by atoms with Gasteiger partial charge in [0.1, 0.15) is 0 Å². The van der Waals surface area contributed by atoms with Crippen LogP contribution in [0.5, 0.6) is 0 Å². The summed E-state index contributed by atoms with van der Waals surface area (Å²) in [6, 6.07) is 19.8. The van der Waals surface area contributed by atoms with Gasteiger partial charge in [-0.1, -0.05) is 42.5 Å². The zero-order valence-electron chi connectivity index (χ0n) is 14.7. The van der Waals surface area contributed by atoms with E-state index in [0.29, 0.717) is 19.4 Å². The van der Waals surface area contributed by atoms with E-state index >= 15 is 0 Å². The molecule has 0 spiro atoms. The molecule has 0 aromatic heterocycles. The van der Waals surface area contributed by atoms with Crippen LogP contribution in [0.4, 0.5) is 11.4 Å². The molecule has 0 unspecified atom stereocenters. The fourth-order valence-electron chi connectivity index (χ4n) is 3.63. The number of carbonyl (C=O) groups is 2. The number of rotatable bonds is 4. The molecule has 26 heavy (non-hydrogen) atoms. The highest BCUT2D eigenvalue weighted by atomic mass is 16.2. The molecule has 0 aliphatic carbocycles. The van der Waals surface area contributed by atoms with Crippen molar-refractivity contribution in [2.75, 3.05) is 16.8 Å². The second kappa shape index (κ2) is 6.64. The van der Waals surface area contributed by atoms with Crippen LogP contribution in [-0.4, -0.2) is 18.4 Å². The molecule has 4 rings (SSSR count). The summed E-state index contributed by atoms with van der Waals surface area (Å²) in [6.07, 6.45) is 0.717. The topological polar surface area (TPSA) is 49.4 Å². The van der Waals surface area contributed by atoms with Crippen molar-refractivity contribution in [3.05, 3.63) is 71.8 Å². The zero-order valence-corrected chi connectivity index (χ0v) is 14.7. The molecule has 0 radical (unpaired) electrons. The van der Waals surface area contributed by atoms with Crippen LogP contribution in [0.25, 0.3) is 10.8 Å². The predicted molar refractivity (Wildman–Crippen MR) is 104 cm³/mol. The van der Waals surface area contributed by atoms with Crippen LogP contribution >= 0.6 is 0 Å². The van der Waals surface area contributed by atoms with Crippen molar-refractivity contribution in [2.45, 2.75) is 19.8 Å². The van der Waals surface area contributed by atoms with Crippen LogP contribution in [0.1, 0.15) is 18.1 Å². The number of likely N-dealkylation sites (N-methyl/N-ethyl adjacent to an activating group) is 1. The van der Waals surface area contributed by atoms with Gasteiger partial charge in [-0.3, -0.25) is 9.59 Å². The summed E-state index contributed by atoms with van der Waals surface area (Å²) in [6.45, 7) is 2.63. The molecule has 3 aromatic carbocycles. The van der Waals surface area contributed by atoms with Gasteiger partial charge in [-0.2, -0.15) is 0 Å². The molecule has 0 atom stereocenters. The Morgan fingerprint density at radius 1 is 1.08 bits per heavy atom. The van der Waals surface area contributed by atoms with Gasteiger partial charge in [-0.05, 0) is 47.0 Å². The van der Waals surface area contributed by atoms with Crippen molar-refractivity contribution < 1.29 is 9.59 Å². The lowest BCUT2D eigenvalue weighted by Gasteiger charge is -2.15. The summed E-state index contributed by atoms with van der Waals surface area (Å²) in [7, 11) is 0. The van der Waals surface area contributed by atoms with Gasteiger partial charge < -0.3 is 10.2 Å². The maximum absolute atomic E-state index is 12.5. The number of benzene rings is 3. The summed E-state index contributed by atoms with van der Waals surface area (Å²) in [4.78, 5) is 26.3. The molecular formula is C22H20N2O2. The molecule has 0 bridgehead atoms. The molecule has 1 N–H and O–H groups in total. The maximum Gasteiger partial charge on any atom is 0.231 e. The third kappa shape index (κ3) is 2.94. The monoisotopic (exact) mass is 344 g/mol. The smallest absolute Gasteiger partial charge is 0.231 e. The number of nitrogens with zero attached hydrogens (tertiary/aromatic N) is 1. The van der Waals surface area contributed by atoms with Crippen LogP contribution in [0, 0.1) is 0 Å². The highest BCUT2D eigenvalue weighted by molar-refractivity contribution is 6.02. The molecule has 2 amide bonds. The lowest BCUT2D eigenvalue weighted by Crippen LogP contribution is -2.25. The van der Waals surface area contributed by atoms with Crippen LogP contribution in [0.15, 0.2) is 60.7 Å². The maximum atomic E-state index is 12.5. The SMILES string of the molecule is CCN1C(=O)Cc2cc(NC(=O)Cc3cccc4ccccc34)ccc21. The first-order valence-corrected chi connectivity index (χ1v) is 8.85. The number of amides is 2. The standard InChI is InChI=1S/C22H20N2O2/c1-2-24-20-11-10-18(12-17(20)14-22(24)26)23-21(25)13-16-8-5-7-15-6-3-4-9-19(15)16/h3-12H,2,13-14H2,1H3,(H,23,25). The van der Waals surface area contributed by atoms with E-state index in [4.69, 9.17) is 0 Å². The first kappa shape index (κ1) is 16.3. The Kier molecular flexibility index (Phi) is 4.17. The number of hydrogen-bond acceptors (Lipinski definition) is 2. The van der Waals surface area contributed by atoms with Crippen LogP contribution in [0.2, 0.25) is 0 Å².